The van der Waals surface area contributed by atoms with Crippen molar-refractivity contribution >= 4 is 23.3 Å². The van der Waals surface area contributed by atoms with Crippen LogP contribution in [0.15, 0.2) is 42.5 Å². The maximum atomic E-state index is 11.8. The van der Waals surface area contributed by atoms with Crippen molar-refractivity contribution in [2.24, 2.45) is 0 Å². The molecule has 0 fully saturated rings. The monoisotopic (exact) mass is 334 g/mol. The smallest absolute Gasteiger partial charge is 0.319 e. The highest BCUT2D eigenvalue weighted by Crippen LogP contribution is 2.27. The molecule has 2 rings (SSSR count). The Kier molecular flexibility index (Phi) is 6.26. The Morgan fingerprint density at radius 1 is 1.17 bits per heavy atom. The molecule has 0 aliphatic heterocycles. The SMILES string of the molecule is COc1ccc(NC(=O)NCCc2ccc(CO)cc2)cc1Cl. The van der Waals surface area contributed by atoms with E-state index in [1.807, 2.05) is 24.3 Å². The van der Waals surface area contributed by atoms with Crippen molar-refractivity contribution in [1.29, 1.82) is 0 Å². The molecule has 0 spiro atoms. The van der Waals surface area contributed by atoms with E-state index in [9.17, 15) is 4.79 Å². The molecule has 3 N–H and O–H groups in total. The fourth-order valence-corrected chi connectivity index (χ4v) is 2.31. The van der Waals surface area contributed by atoms with Gasteiger partial charge in [-0.3, -0.25) is 0 Å². The first kappa shape index (κ1) is 17.1. The van der Waals surface area contributed by atoms with Gasteiger partial charge in [-0.2, -0.15) is 0 Å². The highest BCUT2D eigenvalue weighted by atomic mass is 35.5. The molecular weight excluding hydrogens is 316 g/mol. The summed E-state index contributed by atoms with van der Waals surface area (Å²) in [6, 6.07) is 12.4. The first-order chi connectivity index (χ1) is 11.1. The Bertz CT molecular complexity index is 659. The summed E-state index contributed by atoms with van der Waals surface area (Å²) >= 11 is 6.01. The van der Waals surface area contributed by atoms with Gasteiger partial charge in [0.2, 0.25) is 0 Å². The average Bonchev–Trinajstić information content (AvgIpc) is 2.55. The van der Waals surface area contributed by atoms with Crippen molar-refractivity contribution in [3.63, 3.8) is 0 Å². The van der Waals surface area contributed by atoms with Gasteiger partial charge in [-0.1, -0.05) is 35.9 Å². The predicted molar refractivity (Wildman–Crippen MR) is 91.1 cm³/mol. The Morgan fingerprint density at radius 3 is 2.48 bits per heavy atom. The van der Waals surface area contributed by atoms with E-state index in [0.717, 1.165) is 11.1 Å². The molecule has 0 aliphatic carbocycles. The number of anilines is 1. The van der Waals surface area contributed by atoms with E-state index in [1.165, 1.54) is 7.11 Å². The van der Waals surface area contributed by atoms with Crippen LogP contribution in [0.3, 0.4) is 0 Å². The third kappa shape index (κ3) is 5.16. The van der Waals surface area contributed by atoms with Crippen LogP contribution in [0.1, 0.15) is 11.1 Å². The second-order valence-electron chi connectivity index (χ2n) is 4.95. The maximum Gasteiger partial charge on any atom is 0.319 e. The highest BCUT2D eigenvalue weighted by molar-refractivity contribution is 6.32. The summed E-state index contributed by atoms with van der Waals surface area (Å²) in [4.78, 5) is 11.8. The molecule has 23 heavy (non-hydrogen) atoms. The van der Waals surface area contributed by atoms with Gasteiger partial charge in [0, 0.05) is 12.2 Å². The standard InChI is InChI=1S/C17H19ClN2O3/c1-23-16-7-6-14(10-15(16)18)20-17(22)19-9-8-12-2-4-13(11-21)5-3-12/h2-7,10,21H,8-9,11H2,1H3,(H2,19,20,22). The second-order valence-corrected chi connectivity index (χ2v) is 5.36. The number of hydrogen-bond donors (Lipinski definition) is 3. The minimum Gasteiger partial charge on any atom is -0.495 e. The molecule has 0 atom stereocenters. The Labute approximate surface area is 140 Å². The summed E-state index contributed by atoms with van der Waals surface area (Å²) in [5.41, 5.74) is 2.56. The largest absolute Gasteiger partial charge is 0.495 e. The van der Waals surface area contributed by atoms with Gasteiger partial charge in [-0.15, -0.1) is 0 Å². The Hall–Kier alpha value is -2.24. The van der Waals surface area contributed by atoms with Crippen molar-refractivity contribution in [2.75, 3.05) is 19.0 Å². The molecule has 0 aliphatic rings. The summed E-state index contributed by atoms with van der Waals surface area (Å²) in [6.07, 6.45) is 0.711. The number of amides is 2. The van der Waals surface area contributed by atoms with Crippen molar-refractivity contribution < 1.29 is 14.6 Å². The van der Waals surface area contributed by atoms with Gasteiger partial charge in [0.05, 0.1) is 18.7 Å². The average molecular weight is 335 g/mol. The first-order valence-electron chi connectivity index (χ1n) is 7.19. The molecule has 0 bridgehead atoms. The van der Waals surface area contributed by atoms with Gasteiger partial charge in [0.1, 0.15) is 5.75 Å². The van der Waals surface area contributed by atoms with Crippen LogP contribution in [0.2, 0.25) is 5.02 Å². The van der Waals surface area contributed by atoms with Gasteiger partial charge in [-0.25, -0.2) is 4.79 Å². The fourth-order valence-electron chi connectivity index (χ4n) is 2.05. The lowest BCUT2D eigenvalue weighted by Gasteiger charge is -2.09. The van der Waals surface area contributed by atoms with Gasteiger partial charge in [-0.05, 0) is 35.7 Å². The van der Waals surface area contributed by atoms with Crippen LogP contribution in [-0.4, -0.2) is 24.8 Å². The summed E-state index contributed by atoms with van der Waals surface area (Å²) in [7, 11) is 1.54. The fraction of sp³-hybridized carbons (Fsp3) is 0.235. The Morgan fingerprint density at radius 2 is 1.87 bits per heavy atom. The molecule has 0 saturated carbocycles. The van der Waals surface area contributed by atoms with E-state index in [-0.39, 0.29) is 12.6 Å². The summed E-state index contributed by atoms with van der Waals surface area (Å²) in [6.45, 7) is 0.541. The van der Waals surface area contributed by atoms with E-state index < -0.39 is 0 Å². The van der Waals surface area contributed by atoms with Crippen molar-refractivity contribution in [3.8, 4) is 5.75 Å². The number of halogens is 1. The van der Waals surface area contributed by atoms with Crippen molar-refractivity contribution in [2.45, 2.75) is 13.0 Å². The number of nitrogens with one attached hydrogen (secondary N) is 2. The minimum absolute atomic E-state index is 0.0331. The molecule has 0 heterocycles. The van der Waals surface area contributed by atoms with Gasteiger partial charge < -0.3 is 20.5 Å². The molecule has 2 aromatic rings. The lowest BCUT2D eigenvalue weighted by Crippen LogP contribution is -2.30. The molecule has 0 aromatic heterocycles. The topological polar surface area (TPSA) is 70.6 Å². The lowest BCUT2D eigenvalue weighted by atomic mass is 10.1. The molecule has 2 amide bonds. The summed E-state index contributed by atoms with van der Waals surface area (Å²) in [5, 5.41) is 14.9. The molecule has 2 aromatic carbocycles. The zero-order chi connectivity index (χ0) is 16.7. The number of benzene rings is 2. The van der Waals surface area contributed by atoms with E-state index in [2.05, 4.69) is 10.6 Å². The predicted octanol–water partition coefficient (Wildman–Crippen LogP) is 3.21. The molecule has 0 unspecified atom stereocenters. The third-order valence-corrected chi connectivity index (χ3v) is 3.61. The third-order valence-electron chi connectivity index (χ3n) is 3.31. The molecule has 0 radical (unpaired) electrons. The van der Waals surface area contributed by atoms with Crippen LogP contribution in [0.4, 0.5) is 10.5 Å². The zero-order valence-electron chi connectivity index (χ0n) is 12.8. The van der Waals surface area contributed by atoms with E-state index in [0.29, 0.717) is 29.4 Å². The molecular formula is C17H19ClN2O3. The molecule has 5 nitrogen and oxygen atoms in total. The van der Waals surface area contributed by atoms with Gasteiger partial charge in [0.25, 0.3) is 0 Å². The van der Waals surface area contributed by atoms with Crippen LogP contribution < -0.4 is 15.4 Å². The van der Waals surface area contributed by atoms with Crippen LogP contribution in [0.25, 0.3) is 0 Å². The van der Waals surface area contributed by atoms with Crippen molar-refractivity contribution in [3.05, 3.63) is 58.6 Å². The summed E-state index contributed by atoms with van der Waals surface area (Å²) < 4.78 is 5.06. The number of urea groups is 1. The van der Waals surface area contributed by atoms with Gasteiger partial charge in [0.15, 0.2) is 0 Å². The number of rotatable bonds is 6. The number of aliphatic hydroxyl groups is 1. The second kappa shape index (κ2) is 8.41. The van der Waals surface area contributed by atoms with E-state index >= 15 is 0 Å². The normalized spacial score (nSPS) is 10.2. The number of carbonyl (C=O) groups excluding carboxylic acids is 1. The van der Waals surface area contributed by atoms with Gasteiger partial charge >= 0.3 is 6.03 Å². The maximum absolute atomic E-state index is 11.8. The molecule has 122 valence electrons. The van der Waals surface area contributed by atoms with Crippen molar-refractivity contribution in [1.82, 2.24) is 5.32 Å². The lowest BCUT2D eigenvalue weighted by molar-refractivity contribution is 0.252. The van der Waals surface area contributed by atoms with E-state index in [4.69, 9.17) is 21.4 Å². The molecule has 6 heteroatoms. The van der Waals surface area contributed by atoms with Crippen LogP contribution in [0.5, 0.6) is 5.75 Å². The summed E-state index contributed by atoms with van der Waals surface area (Å²) in [5.74, 6) is 0.559. The highest BCUT2D eigenvalue weighted by Gasteiger charge is 2.05. The number of methoxy groups -OCH3 is 1. The zero-order valence-corrected chi connectivity index (χ0v) is 13.6. The Balaban J connectivity index is 1.79. The van der Waals surface area contributed by atoms with E-state index in [1.54, 1.807) is 18.2 Å². The number of aliphatic hydroxyl groups excluding tert-OH is 1. The van der Waals surface area contributed by atoms with Crippen LogP contribution >= 0.6 is 11.6 Å². The molecule has 0 saturated heterocycles. The quantitative estimate of drug-likeness (QED) is 0.759. The number of ether oxygens (including phenoxy) is 1. The van der Waals surface area contributed by atoms with Crippen LogP contribution in [-0.2, 0) is 13.0 Å². The number of hydrogen-bond acceptors (Lipinski definition) is 3. The first-order valence-corrected chi connectivity index (χ1v) is 7.57. The minimum atomic E-state index is -0.293. The van der Waals surface area contributed by atoms with Crippen LogP contribution in [0, 0.1) is 0 Å². The number of carbonyl (C=O) groups is 1.